The first-order chi connectivity index (χ1) is 9.81. The fourth-order valence-electron chi connectivity index (χ4n) is 5.37. The lowest BCUT2D eigenvalue weighted by Gasteiger charge is -2.58. The van der Waals surface area contributed by atoms with Crippen molar-refractivity contribution in [1.29, 1.82) is 0 Å². The SMILES string of the molecule is C=C1CC[C@H]2C(C)(C)CCC[C@]2(C)[C@H]1CCC=C(C)CO. The van der Waals surface area contributed by atoms with Crippen molar-refractivity contribution in [2.24, 2.45) is 22.7 Å². The van der Waals surface area contributed by atoms with Crippen molar-refractivity contribution in [3.05, 3.63) is 23.8 Å². The van der Waals surface area contributed by atoms with E-state index < -0.39 is 0 Å². The van der Waals surface area contributed by atoms with Crippen molar-refractivity contribution in [2.75, 3.05) is 6.61 Å². The van der Waals surface area contributed by atoms with Crippen LogP contribution in [-0.4, -0.2) is 11.7 Å². The monoisotopic (exact) mass is 290 g/mol. The molecule has 2 aliphatic carbocycles. The average Bonchev–Trinajstić information content (AvgIpc) is 2.40. The molecule has 3 atom stereocenters. The molecule has 2 rings (SSSR count). The van der Waals surface area contributed by atoms with Gasteiger partial charge in [0.15, 0.2) is 0 Å². The molecule has 0 spiro atoms. The number of hydrogen-bond donors (Lipinski definition) is 1. The third-order valence-electron chi connectivity index (χ3n) is 6.52. The van der Waals surface area contributed by atoms with Gasteiger partial charge in [0.1, 0.15) is 0 Å². The predicted molar refractivity (Wildman–Crippen MR) is 91.2 cm³/mol. The van der Waals surface area contributed by atoms with Gasteiger partial charge in [-0.1, -0.05) is 51.0 Å². The highest BCUT2D eigenvalue weighted by molar-refractivity contribution is 5.16. The molecule has 0 aromatic heterocycles. The molecule has 0 aromatic rings. The summed E-state index contributed by atoms with van der Waals surface area (Å²) in [4.78, 5) is 0. The molecule has 0 radical (unpaired) electrons. The fraction of sp³-hybridized carbons (Fsp3) is 0.800. The predicted octanol–water partition coefficient (Wildman–Crippen LogP) is 5.50. The summed E-state index contributed by atoms with van der Waals surface area (Å²) in [6.07, 6.45) is 11.2. The first-order valence-corrected chi connectivity index (χ1v) is 8.75. The molecule has 2 saturated carbocycles. The van der Waals surface area contributed by atoms with Crippen LogP contribution in [0.3, 0.4) is 0 Å². The molecular weight excluding hydrogens is 256 g/mol. The molecule has 0 saturated heterocycles. The molecule has 120 valence electrons. The van der Waals surface area contributed by atoms with E-state index in [2.05, 4.69) is 33.4 Å². The summed E-state index contributed by atoms with van der Waals surface area (Å²) in [6.45, 7) is 14.1. The summed E-state index contributed by atoms with van der Waals surface area (Å²) < 4.78 is 0. The quantitative estimate of drug-likeness (QED) is 0.677. The van der Waals surface area contributed by atoms with Crippen LogP contribution in [0.25, 0.3) is 0 Å². The molecule has 0 heterocycles. The van der Waals surface area contributed by atoms with Crippen LogP contribution < -0.4 is 0 Å². The molecule has 2 aliphatic rings. The number of fused-ring (bicyclic) bond motifs is 1. The van der Waals surface area contributed by atoms with Gasteiger partial charge in [0.25, 0.3) is 0 Å². The van der Waals surface area contributed by atoms with Crippen LogP contribution in [0.2, 0.25) is 0 Å². The van der Waals surface area contributed by atoms with Gasteiger partial charge in [0.05, 0.1) is 6.61 Å². The van der Waals surface area contributed by atoms with Gasteiger partial charge in [-0.15, -0.1) is 0 Å². The lowest BCUT2D eigenvalue weighted by Crippen LogP contribution is -2.49. The average molecular weight is 290 g/mol. The van der Waals surface area contributed by atoms with Crippen molar-refractivity contribution in [2.45, 2.75) is 72.6 Å². The Morgan fingerprint density at radius 2 is 2.05 bits per heavy atom. The summed E-state index contributed by atoms with van der Waals surface area (Å²) in [6, 6.07) is 0. The van der Waals surface area contributed by atoms with E-state index in [-0.39, 0.29) is 6.61 Å². The molecule has 0 aliphatic heterocycles. The second kappa shape index (κ2) is 6.28. The lowest BCUT2D eigenvalue weighted by molar-refractivity contribution is -0.0537. The third-order valence-corrected chi connectivity index (χ3v) is 6.52. The number of hydrogen-bond acceptors (Lipinski definition) is 1. The molecule has 21 heavy (non-hydrogen) atoms. The summed E-state index contributed by atoms with van der Waals surface area (Å²) in [5, 5.41) is 9.14. The largest absolute Gasteiger partial charge is 0.392 e. The van der Waals surface area contributed by atoms with E-state index in [1.54, 1.807) is 0 Å². The van der Waals surface area contributed by atoms with Gasteiger partial charge in [-0.25, -0.2) is 0 Å². The highest BCUT2D eigenvalue weighted by Crippen LogP contribution is 2.61. The van der Waals surface area contributed by atoms with Crippen LogP contribution in [0, 0.1) is 22.7 Å². The highest BCUT2D eigenvalue weighted by Gasteiger charge is 2.52. The topological polar surface area (TPSA) is 20.2 Å². The van der Waals surface area contributed by atoms with Gasteiger partial charge in [-0.2, -0.15) is 0 Å². The maximum Gasteiger partial charge on any atom is 0.0639 e. The zero-order valence-electron chi connectivity index (χ0n) is 14.5. The van der Waals surface area contributed by atoms with E-state index in [0.29, 0.717) is 16.7 Å². The normalized spacial score (nSPS) is 36.4. The van der Waals surface area contributed by atoms with Gasteiger partial charge in [-0.05, 0) is 68.1 Å². The first kappa shape index (κ1) is 16.8. The zero-order valence-corrected chi connectivity index (χ0v) is 14.5. The van der Waals surface area contributed by atoms with Gasteiger partial charge < -0.3 is 5.11 Å². The van der Waals surface area contributed by atoms with Crippen LogP contribution in [0.15, 0.2) is 23.8 Å². The minimum atomic E-state index is 0.193. The smallest absolute Gasteiger partial charge is 0.0639 e. The second-order valence-corrected chi connectivity index (χ2v) is 8.44. The Labute approximate surface area is 131 Å². The minimum Gasteiger partial charge on any atom is -0.392 e. The number of aliphatic hydroxyl groups excluding tert-OH is 1. The molecular formula is C20H34O. The Kier molecular flexibility index (Phi) is 5.03. The van der Waals surface area contributed by atoms with E-state index in [0.717, 1.165) is 17.9 Å². The number of allylic oxidation sites excluding steroid dienone is 2. The minimum absolute atomic E-state index is 0.193. The van der Waals surface area contributed by atoms with Crippen molar-refractivity contribution >= 4 is 0 Å². The van der Waals surface area contributed by atoms with E-state index in [4.69, 9.17) is 5.11 Å². The molecule has 0 unspecified atom stereocenters. The molecule has 0 aromatic carbocycles. The van der Waals surface area contributed by atoms with E-state index >= 15 is 0 Å². The van der Waals surface area contributed by atoms with Crippen LogP contribution in [0.1, 0.15) is 72.6 Å². The maximum absolute atomic E-state index is 9.14. The van der Waals surface area contributed by atoms with Gasteiger partial charge in [0, 0.05) is 0 Å². The zero-order chi connectivity index (χ0) is 15.7. The van der Waals surface area contributed by atoms with Gasteiger partial charge in [0.2, 0.25) is 0 Å². The van der Waals surface area contributed by atoms with Crippen LogP contribution in [0.4, 0.5) is 0 Å². The standard InChI is InChI=1S/C20H34O/c1-15(14-21)8-6-9-17-16(2)10-11-18-19(3,4)12-7-13-20(17,18)5/h8,17-18,21H,2,6-7,9-14H2,1,3-5H3/t17-,18-,20+/m0/s1. The Bertz CT molecular complexity index is 418. The van der Waals surface area contributed by atoms with E-state index in [1.165, 1.54) is 44.1 Å². The molecule has 0 bridgehead atoms. The molecule has 1 heteroatoms. The van der Waals surface area contributed by atoms with Crippen LogP contribution in [-0.2, 0) is 0 Å². The maximum atomic E-state index is 9.14. The molecule has 0 amide bonds. The number of rotatable bonds is 4. The Morgan fingerprint density at radius 3 is 2.71 bits per heavy atom. The summed E-state index contributed by atoms with van der Waals surface area (Å²) in [7, 11) is 0. The van der Waals surface area contributed by atoms with E-state index in [1.807, 2.05) is 6.92 Å². The van der Waals surface area contributed by atoms with Gasteiger partial charge >= 0.3 is 0 Å². The fourth-order valence-corrected chi connectivity index (χ4v) is 5.37. The Balaban J connectivity index is 2.16. The van der Waals surface area contributed by atoms with Crippen LogP contribution >= 0.6 is 0 Å². The first-order valence-electron chi connectivity index (χ1n) is 8.75. The third kappa shape index (κ3) is 3.28. The van der Waals surface area contributed by atoms with Gasteiger partial charge in [-0.3, -0.25) is 0 Å². The van der Waals surface area contributed by atoms with Crippen molar-refractivity contribution < 1.29 is 5.11 Å². The Morgan fingerprint density at radius 1 is 1.33 bits per heavy atom. The molecule has 1 nitrogen and oxygen atoms in total. The summed E-state index contributed by atoms with van der Waals surface area (Å²) >= 11 is 0. The van der Waals surface area contributed by atoms with E-state index in [9.17, 15) is 0 Å². The van der Waals surface area contributed by atoms with Crippen molar-refractivity contribution in [3.63, 3.8) is 0 Å². The Hall–Kier alpha value is -0.560. The van der Waals surface area contributed by atoms with Crippen LogP contribution in [0.5, 0.6) is 0 Å². The highest BCUT2D eigenvalue weighted by atomic mass is 16.3. The van der Waals surface area contributed by atoms with Crippen molar-refractivity contribution in [1.82, 2.24) is 0 Å². The van der Waals surface area contributed by atoms with Crippen molar-refractivity contribution in [3.8, 4) is 0 Å². The summed E-state index contributed by atoms with van der Waals surface area (Å²) in [5.41, 5.74) is 3.52. The summed E-state index contributed by atoms with van der Waals surface area (Å²) in [5.74, 6) is 1.51. The number of aliphatic hydroxyl groups is 1. The lowest BCUT2D eigenvalue weighted by atomic mass is 9.47. The second-order valence-electron chi connectivity index (χ2n) is 8.44. The molecule has 2 fully saturated rings. The molecule has 1 N–H and O–H groups in total.